The van der Waals surface area contributed by atoms with Gasteiger partial charge in [0.2, 0.25) is 0 Å². The van der Waals surface area contributed by atoms with Gasteiger partial charge in [-0.3, -0.25) is 0 Å². The first-order valence-corrected chi connectivity index (χ1v) is 5.14. The number of nitrogens with two attached hydrogens (primary N) is 1. The SMILES string of the molecule is C=C(NC)C1=Cc2cc(CN)ccc2C1. The fourth-order valence-electron chi connectivity index (χ4n) is 1.87. The van der Waals surface area contributed by atoms with E-state index in [-0.39, 0.29) is 0 Å². The second-order valence-corrected chi connectivity index (χ2v) is 3.81. The highest BCUT2D eigenvalue weighted by molar-refractivity contribution is 5.68. The Morgan fingerprint density at radius 1 is 1.53 bits per heavy atom. The predicted octanol–water partition coefficient (Wildman–Crippen LogP) is 1.82. The summed E-state index contributed by atoms with van der Waals surface area (Å²) in [5.74, 6) is 0. The summed E-state index contributed by atoms with van der Waals surface area (Å²) in [6, 6.07) is 6.41. The Bertz CT molecular complexity index is 430. The molecule has 2 nitrogen and oxygen atoms in total. The van der Waals surface area contributed by atoms with E-state index in [1.54, 1.807) is 0 Å². The van der Waals surface area contributed by atoms with Crippen molar-refractivity contribution in [1.29, 1.82) is 0 Å². The molecule has 2 heteroatoms. The molecule has 0 bridgehead atoms. The summed E-state index contributed by atoms with van der Waals surface area (Å²) < 4.78 is 0. The summed E-state index contributed by atoms with van der Waals surface area (Å²) in [5.41, 5.74) is 11.7. The highest BCUT2D eigenvalue weighted by Gasteiger charge is 2.14. The van der Waals surface area contributed by atoms with E-state index in [0.717, 1.165) is 12.1 Å². The summed E-state index contributed by atoms with van der Waals surface area (Å²) in [6.45, 7) is 4.58. The maximum Gasteiger partial charge on any atom is 0.0300 e. The van der Waals surface area contributed by atoms with Crippen LogP contribution in [0.25, 0.3) is 6.08 Å². The summed E-state index contributed by atoms with van der Waals surface area (Å²) in [4.78, 5) is 0. The topological polar surface area (TPSA) is 38.0 Å². The van der Waals surface area contributed by atoms with Crippen LogP contribution in [0.1, 0.15) is 16.7 Å². The van der Waals surface area contributed by atoms with Crippen LogP contribution in [-0.2, 0) is 13.0 Å². The smallest absolute Gasteiger partial charge is 0.0300 e. The second-order valence-electron chi connectivity index (χ2n) is 3.81. The second kappa shape index (κ2) is 3.91. The molecule has 0 radical (unpaired) electrons. The summed E-state index contributed by atoms with van der Waals surface area (Å²) in [5, 5.41) is 3.08. The van der Waals surface area contributed by atoms with Crippen LogP contribution in [0.2, 0.25) is 0 Å². The van der Waals surface area contributed by atoms with E-state index in [9.17, 15) is 0 Å². The standard InChI is InChI=1S/C13H16N2/c1-9(15-2)12-6-11-4-3-10(8-14)5-13(11)7-12/h3-5,7,15H,1,6,8,14H2,2H3. The number of benzene rings is 1. The molecule has 0 fully saturated rings. The van der Waals surface area contributed by atoms with Crippen molar-refractivity contribution in [3.05, 3.63) is 52.7 Å². The molecule has 2 rings (SSSR count). The van der Waals surface area contributed by atoms with E-state index >= 15 is 0 Å². The lowest BCUT2D eigenvalue weighted by Gasteiger charge is -2.04. The molecule has 0 atom stereocenters. The van der Waals surface area contributed by atoms with Gasteiger partial charge in [0.25, 0.3) is 0 Å². The normalized spacial score (nSPS) is 13.3. The van der Waals surface area contributed by atoms with Crippen molar-refractivity contribution in [2.45, 2.75) is 13.0 Å². The third-order valence-electron chi connectivity index (χ3n) is 2.85. The van der Waals surface area contributed by atoms with Crippen LogP contribution in [0, 0.1) is 0 Å². The zero-order valence-electron chi connectivity index (χ0n) is 9.01. The third-order valence-corrected chi connectivity index (χ3v) is 2.85. The third kappa shape index (κ3) is 1.81. The fourth-order valence-corrected chi connectivity index (χ4v) is 1.87. The largest absolute Gasteiger partial charge is 0.388 e. The van der Waals surface area contributed by atoms with Crippen molar-refractivity contribution >= 4 is 6.08 Å². The van der Waals surface area contributed by atoms with Crippen molar-refractivity contribution in [3.63, 3.8) is 0 Å². The average molecular weight is 200 g/mol. The number of fused-ring (bicyclic) bond motifs is 1. The predicted molar refractivity (Wildman–Crippen MR) is 64.2 cm³/mol. The number of nitrogens with one attached hydrogen (secondary N) is 1. The van der Waals surface area contributed by atoms with Gasteiger partial charge >= 0.3 is 0 Å². The first-order valence-electron chi connectivity index (χ1n) is 5.14. The first kappa shape index (κ1) is 9.99. The minimum atomic E-state index is 0.601. The van der Waals surface area contributed by atoms with Crippen LogP contribution in [-0.4, -0.2) is 7.05 Å². The van der Waals surface area contributed by atoms with E-state index in [2.05, 4.69) is 36.2 Å². The monoisotopic (exact) mass is 200 g/mol. The highest BCUT2D eigenvalue weighted by Crippen LogP contribution is 2.28. The van der Waals surface area contributed by atoms with Gasteiger partial charge in [-0.25, -0.2) is 0 Å². The van der Waals surface area contributed by atoms with Crippen molar-refractivity contribution in [3.8, 4) is 0 Å². The Kier molecular flexibility index (Phi) is 2.60. The van der Waals surface area contributed by atoms with Crippen molar-refractivity contribution in [1.82, 2.24) is 5.32 Å². The molecule has 0 saturated heterocycles. The van der Waals surface area contributed by atoms with Crippen LogP contribution in [0.15, 0.2) is 36.0 Å². The van der Waals surface area contributed by atoms with Crippen LogP contribution in [0.5, 0.6) is 0 Å². The Hall–Kier alpha value is -1.54. The quantitative estimate of drug-likeness (QED) is 0.781. The number of hydrogen-bond donors (Lipinski definition) is 2. The van der Waals surface area contributed by atoms with Gasteiger partial charge in [-0.05, 0) is 28.3 Å². The molecule has 15 heavy (non-hydrogen) atoms. The number of rotatable bonds is 3. The molecule has 0 unspecified atom stereocenters. The number of allylic oxidation sites excluding steroid dienone is 1. The molecular weight excluding hydrogens is 184 g/mol. The molecular formula is C13H16N2. The maximum atomic E-state index is 5.61. The van der Waals surface area contributed by atoms with Crippen LogP contribution in [0.4, 0.5) is 0 Å². The van der Waals surface area contributed by atoms with Gasteiger partial charge in [-0.1, -0.05) is 24.8 Å². The van der Waals surface area contributed by atoms with Crippen LogP contribution < -0.4 is 11.1 Å². The van der Waals surface area contributed by atoms with E-state index in [1.807, 2.05) is 7.05 Å². The van der Waals surface area contributed by atoms with Gasteiger partial charge in [-0.15, -0.1) is 0 Å². The molecule has 0 saturated carbocycles. The molecule has 78 valence electrons. The van der Waals surface area contributed by atoms with Gasteiger partial charge in [0.05, 0.1) is 0 Å². The molecule has 0 heterocycles. The molecule has 3 N–H and O–H groups in total. The molecule has 1 aromatic rings. The maximum absolute atomic E-state index is 5.61. The highest BCUT2D eigenvalue weighted by atomic mass is 14.8. The lowest BCUT2D eigenvalue weighted by Crippen LogP contribution is -2.06. The van der Waals surface area contributed by atoms with Crippen molar-refractivity contribution < 1.29 is 0 Å². The Morgan fingerprint density at radius 2 is 2.33 bits per heavy atom. The van der Waals surface area contributed by atoms with E-state index in [4.69, 9.17) is 5.73 Å². The minimum absolute atomic E-state index is 0.601. The van der Waals surface area contributed by atoms with Crippen molar-refractivity contribution in [2.24, 2.45) is 5.73 Å². The molecule has 0 aliphatic heterocycles. The van der Waals surface area contributed by atoms with Crippen molar-refractivity contribution in [2.75, 3.05) is 7.05 Å². The van der Waals surface area contributed by atoms with Crippen LogP contribution in [0.3, 0.4) is 0 Å². The average Bonchev–Trinajstić information content (AvgIpc) is 2.70. The molecule has 0 amide bonds. The van der Waals surface area contributed by atoms with Gasteiger partial charge in [0, 0.05) is 25.7 Å². The number of hydrogen-bond acceptors (Lipinski definition) is 2. The number of likely N-dealkylation sites (N-methyl/N-ethyl adjacent to an activating group) is 1. The lowest BCUT2D eigenvalue weighted by molar-refractivity contribution is 0.987. The molecule has 0 aromatic heterocycles. The van der Waals surface area contributed by atoms with Gasteiger partial charge in [0.15, 0.2) is 0 Å². The van der Waals surface area contributed by atoms with Gasteiger partial charge in [0.1, 0.15) is 0 Å². The summed E-state index contributed by atoms with van der Waals surface area (Å²) in [6.07, 6.45) is 3.16. The van der Waals surface area contributed by atoms with E-state index < -0.39 is 0 Å². The van der Waals surface area contributed by atoms with E-state index in [0.29, 0.717) is 6.54 Å². The molecule has 1 aliphatic carbocycles. The molecule has 0 spiro atoms. The Morgan fingerprint density at radius 3 is 3.00 bits per heavy atom. The molecule has 1 aliphatic rings. The van der Waals surface area contributed by atoms with Gasteiger partial charge in [-0.2, -0.15) is 0 Å². The summed E-state index contributed by atoms with van der Waals surface area (Å²) in [7, 11) is 1.90. The van der Waals surface area contributed by atoms with E-state index in [1.165, 1.54) is 22.3 Å². The minimum Gasteiger partial charge on any atom is -0.388 e. The lowest BCUT2D eigenvalue weighted by atomic mass is 10.1. The zero-order chi connectivity index (χ0) is 10.8. The fraction of sp³-hybridized carbons (Fsp3) is 0.231. The van der Waals surface area contributed by atoms with Gasteiger partial charge < -0.3 is 11.1 Å². The van der Waals surface area contributed by atoms with Crippen LogP contribution >= 0.6 is 0 Å². The Balaban J connectivity index is 2.31. The first-order chi connectivity index (χ1) is 7.24. The Labute approximate surface area is 90.5 Å². The molecule has 1 aromatic carbocycles. The zero-order valence-corrected chi connectivity index (χ0v) is 9.01. The summed E-state index contributed by atoms with van der Waals surface area (Å²) >= 11 is 0.